The molecule has 158 valence electrons. The van der Waals surface area contributed by atoms with E-state index >= 15 is 0 Å². The number of hydrogen-bond acceptors (Lipinski definition) is 7. The predicted octanol–water partition coefficient (Wildman–Crippen LogP) is 3.35. The molecule has 2 aliphatic rings. The normalized spacial score (nSPS) is 15.4. The molecule has 0 radical (unpaired) electrons. The average Bonchev–Trinajstić information content (AvgIpc) is 3.27. The summed E-state index contributed by atoms with van der Waals surface area (Å²) < 4.78 is 16.2. The lowest BCUT2D eigenvalue weighted by Gasteiger charge is -2.28. The topological polar surface area (TPSA) is 69.1 Å². The largest absolute Gasteiger partial charge is 0.481 e. The minimum atomic E-state index is 0.524. The van der Waals surface area contributed by atoms with Crippen molar-refractivity contribution >= 4 is 11.5 Å². The maximum atomic E-state index is 5.51. The van der Waals surface area contributed by atoms with Crippen molar-refractivity contribution in [3.63, 3.8) is 0 Å². The molecule has 2 aromatic heterocycles. The first kappa shape index (κ1) is 19.5. The standard InChI is InChI=1S/C24H24N4O3/c1-29-22-6-5-19(24(27-22)30-2)16-3-4-18-15-26-23(20(18)13-16)17-7-8-25-21(14-17)28-9-11-31-12-10-28/h3-8,13-14H,9-12,15H2,1-2H3. The summed E-state index contributed by atoms with van der Waals surface area (Å²) in [7, 11) is 3.22. The number of aliphatic imine (C=N–C) groups is 1. The molecule has 0 spiro atoms. The van der Waals surface area contributed by atoms with Gasteiger partial charge in [0, 0.05) is 42.0 Å². The Kier molecular flexibility index (Phi) is 5.26. The Bertz CT molecular complexity index is 1140. The van der Waals surface area contributed by atoms with E-state index in [1.807, 2.05) is 24.4 Å². The molecule has 1 saturated heterocycles. The molecule has 0 unspecified atom stereocenters. The van der Waals surface area contributed by atoms with E-state index in [1.54, 1.807) is 14.2 Å². The van der Waals surface area contributed by atoms with Crippen LogP contribution >= 0.6 is 0 Å². The van der Waals surface area contributed by atoms with E-state index in [2.05, 4.69) is 39.1 Å². The number of aromatic nitrogens is 2. The zero-order valence-corrected chi connectivity index (χ0v) is 17.7. The Balaban J connectivity index is 1.50. The van der Waals surface area contributed by atoms with Gasteiger partial charge < -0.3 is 19.1 Å². The lowest BCUT2D eigenvalue weighted by atomic mass is 9.96. The highest BCUT2D eigenvalue weighted by Crippen LogP contribution is 2.34. The lowest BCUT2D eigenvalue weighted by molar-refractivity contribution is 0.122. The van der Waals surface area contributed by atoms with E-state index in [0.29, 0.717) is 18.3 Å². The van der Waals surface area contributed by atoms with Gasteiger partial charge in [-0.2, -0.15) is 4.98 Å². The second-order valence-electron chi connectivity index (χ2n) is 7.45. The van der Waals surface area contributed by atoms with Gasteiger partial charge in [-0.3, -0.25) is 4.99 Å². The first-order chi connectivity index (χ1) is 15.3. The number of anilines is 1. The van der Waals surface area contributed by atoms with Gasteiger partial charge in [0.1, 0.15) is 5.82 Å². The third-order valence-electron chi connectivity index (χ3n) is 5.67. The summed E-state index contributed by atoms with van der Waals surface area (Å²) in [5, 5.41) is 0. The van der Waals surface area contributed by atoms with Gasteiger partial charge in [-0.25, -0.2) is 4.98 Å². The Morgan fingerprint density at radius 3 is 2.58 bits per heavy atom. The number of nitrogens with zero attached hydrogens (tertiary/aromatic N) is 4. The van der Waals surface area contributed by atoms with Crippen LogP contribution in [0.4, 0.5) is 5.82 Å². The minimum Gasteiger partial charge on any atom is -0.481 e. The van der Waals surface area contributed by atoms with Gasteiger partial charge in [-0.1, -0.05) is 12.1 Å². The van der Waals surface area contributed by atoms with Crippen molar-refractivity contribution in [3.05, 3.63) is 65.4 Å². The van der Waals surface area contributed by atoms with Gasteiger partial charge in [0.2, 0.25) is 11.8 Å². The average molecular weight is 416 g/mol. The van der Waals surface area contributed by atoms with Crippen molar-refractivity contribution in [1.82, 2.24) is 9.97 Å². The third-order valence-corrected chi connectivity index (χ3v) is 5.67. The van der Waals surface area contributed by atoms with Crippen molar-refractivity contribution in [2.75, 3.05) is 45.4 Å². The summed E-state index contributed by atoms with van der Waals surface area (Å²) in [4.78, 5) is 16.1. The molecule has 0 bridgehead atoms. The highest BCUT2D eigenvalue weighted by molar-refractivity contribution is 6.15. The SMILES string of the molecule is COc1ccc(-c2ccc3c(c2)C(c2ccnc(N4CCOCC4)c2)=NC3)c(OC)n1. The molecular formula is C24H24N4O3. The second-order valence-corrected chi connectivity index (χ2v) is 7.45. The van der Waals surface area contributed by atoms with Crippen LogP contribution in [0.5, 0.6) is 11.8 Å². The van der Waals surface area contributed by atoms with Crippen LogP contribution in [0.3, 0.4) is 0 Å². The number of hydrogen-bond donors (Lipinski definition) is 0. The lowest BCUT2D eigenvalue weighted by Crippen LogP contribution is -2.36. The highest BCUT2D eigenvalue weighted by Gasteiger charge is 2.21. The molecule has 7 nitrogen and oxygen atoms in total. The molecule has 2 aliphatic heterocycles. The molecule has 0 amide bonds. The van der Waals surface area contributed by atoms with Gasteiger partial charge in [0.15, 0.2) is 0 Å². The van der Waals surface area contributed by atoms with Gasteiger partial charge in [-0.05, 0) is 35.4 Å². The van der Waals surface area contributed by atoms with Gasteiger partial charge in [0.05, 0.1) is 39.7 Å². The summed E-state index contributed by atoms with van der Waals surface area (Å²) >= 11 is 0. The van der Waals surface area contributed by atoms with Crippen LogP contribution in [-0.4, -0.2) is 56.2 Å². The van der Waals surface area contributed by atoms with Crippen molar-refractivity contribution in [3.8, 4) is 22.9 Å². The van der Waals surface area contributed by atoms with Crippen molar-refractivity contribution in [1.29, 1.82) is 0 Å². The zero-order valence-electron chi connectivity index (χ0n) is 17.7. The molecule has 5 rings (SSSR count). The van der Waals surface area contributed by atoms with Crippen molar-refractivity contribution in [2.45, 2.75) is 6.54 Å². The number of ether oxygens (including phenoxy) is 3. The molecule has 0 N–H and O–H groups in total. The Morgan fingerprint density at radius 1 is 0.903 bits per heavy atom. The summed E-state index contributed by atoms with van der Waals surface area (Å²) in [6, 6.07) is 14.4. The Morgan fingerprint density at radius 2 is 1.77 bits per heavy atom. The molecule has 31 heavy (non-hydrogen) atoms. The predicted molar refractivity (Wildman–Crippen MR) is 119 cm³/mol. The first-order valence-corrected chi connectivity index (χ1v) is 10.3. The maximum Gasteiger partial charge on any atom is 0.224 e. The molecule has 0 aliphatic carbocycles. The van der Waals surface area contributed by atoms with Crippen LogP contribution in [-0.2, 0) is 11.3 Å². The number of pyridine rings is 2. The molecule has 3 aromatic rings. The van der Waals surface area contributed by atoms with E-state index in [9.17, 15) is 0 Å². The van der Waals surface area contributed by atoms with Gasteiger partial charge in [-0.15, -0.1) is 0 Å². The fourth-order valence-electron chi connectivity index (χ4n) is 4.04. The number of benzene rings is 1. The summed E-state index contributed by atoms with van der Waals surface area (Å²) in [6.07, 6.45) is 1.86. The molecule has 7 heteroatoms. The molecule has 0 saturated carbocycles. The summed E-state index contributed by atoms with van der Waals surface area (Å²) in [5.74, 6) is 2.03. The fourth-order valence-corrected chi connectivity index (χ4v) is 4.04. The smallest absolute Gasteiger partial charge is 0.224 e. The second kappa shape index (κ2) is 8.35. The van der Waals surface area contributed by atoms with Crippen LogP contribution in [0, 0.1) is 0 Å². The number of morpholine rings is 1. The van der Waals surface area contributed by atoms with Crippen LogP contribution in [0.25, 0.3) is 11.1 Å². The fraction of sp³-hybridized carbons (Fsp3) is 0.292. The van der Waals surface area contributed by atoms with Crippen LogP contribution in [0.15, 0.2) is 53.7 Å². The molecule has 0 atom stereocenters. The number of rotatable bonds is 5. The number of fused-ring (bicyclic) bond motifs is 1. The zero-order chi connectivity index (χ0) is 21.2. The van der Waals surface area contributed by atoms with Crippen molar-refractivity contribution in [2.24, 2.45) is 4.99 Å². The Hall–Kier alpha value is -3.45. The molecule has 1 aromatic carbocycles. The van der Waals surface area contributed by atoms with Crippen LogP contribution in [0.2, 0.25) is 0 Å². The minimum absolute atomic E-state index is 0.524. The number of methoxy groups -OCH3 is 2. The monoisotopic (exact) mass is 416 g/mol. The van der Waals surface area contributed by atoms with Gasteiger partial charge in [0.25, 0.3) is 0 Å². The molecule has 1 fully saturated rings. The maximum absolute atomic E-state index is 5.51. The van der Waals surface area contributed by atoms with E-state index < -0.39 is 0 Å². The van der Waals surface area contributed by atoms with Crippen LogP contribution in [0.1, 0.15) is 16.7 Å². The van der Waals surface area contributed by atoms with E-state index in [-0.39, 0.29) is 0 Å². The van der Waals surface area contributed by atoms with Crippen molar-refractivity contribution < 1.29 is 14.2 Å². The van der Waals surface area contributed by atoms with E-state index in [1.165, 1.54) is 5.56 Å². The highest BCUT2D eigenvalue weighted by atomic mass is 16.5. The van der Waals surface area contributed by atoms with Crippen LogP contribution < -0.4 is 14.4 Å². The quantitative estimate of drug-likeness (QED) is 0.635. The van der Waals surface area contributed by atoms with E-state index in [4.69, 9.17) is 19.2 Å². The molecular weight excluding hydrogens is 392 g/mol. The summed E-state index contributed by atoms with van der Waals surface area (Å²) in [5.41, 5.74) is 6.36. The summed E-state index contributed by atoms with van der Waals surface area (Å²) in [6.45, 7) is 3.85. The Labute approximate surface area is 181 Å². The van der Waals surface area contributed by atoms with Gasteiger partial charge >= 0.3 is 0 Å². The third kappa shape index (κ3) is 3.72. The molecule has 4 heterocycles. The van der Waals surface area contributed by atoms with E-state index in [0.717, 1.165) is 60.1 Å². The first-order valence-electron chi connectivity index (χ1n) is 10.3.